The molecule has 0 saturated heterocycles. The molecule has 0 spiro atoms. The number of aliphatic hydroxyl groups excluding tert-OH is 1. The van der Waals surface area contributed by atoms with Crippen LogP contribution in [0.5, 0.6) is 0 Å². The number of benzene rings is 2. The molecule has 0 amide bonds. The van der Waals surface area contributed by atoms with Gasteiger partial charge >= 0.3 is 0 Å². The number of hydrogen-bond donors (Lipinski definition) is 1. The number of nitriles is 1. The lowest BCUT2D eigenvalue weighted by molar-refractivity contribution is 0.214. The standard InChI is InChI=1S/C14H9F2NO/c15-11-4-5-13(16)12(7-11)14(18)10-3-1-2-9(6-10)8-17/h1-7,14,18H. The first-order chi connectivity index (χ1) is 8.61. The van der Waals surface area contributed by atoms with E-state index in [9.17, 15) is 13.9 Å². The molecule has 0 aromatic heterocycles. The highest BCUT2D eigenvalue weighted by atomic mass is 19.1. The van der Waals surface area contributed by atoms with Crippen LogP contribution >= 0.6 is 0 Å². The van der Waals surface area contributed by atoms with E-state index in [-0.39, 0.29) is 5.56 Å². The molecule has 0 aliphatic carbocycles. The van der Waals surface area contributed by atoms with Crippen molar-refractivity contribution in [3.63, 3.8) is 0 Å². The van der Waals surface area contributed by atoms with Crippen molar-refractivity contribution >= 4 is 0 Å². The molecular weight excluding hydrogens is 236 g/mol. The van der Waals surface area contributed by atoms with Gasteiger partial charge in [0.2, 0.25) is 0 Å². The summed E-state index contributed by atoms with van der Waals surface area (Å²) in [6, 6.07) is 10.9. The molecule has 2 rings (SSSR count). The lowest BCUT2D eigenvalue weighted by atomic mass is 9.99. The molecule has 2 aromatic carbocycles. The quantitative estimate of drug-likeness (QED) is 0.884. The van der Waals surface area contributed by atoms with Crippen molar-refractivity contribution in [2.24, 2.45) is 0 Å². The summed E-state index contributed by atoms with van der Waals surface area (Å²) in [6.07, 6.45) is -1.30. The molecular formula is C14H9F2NO. The first kappa shape index (κ1) is 12.2. The van der Waals surface area contributed by atoms with Crippen molar-refractivity contribution in [1.82, 2.24) is 0 Å². The molecule has 90 valence electrons. The summed E-state index contributed by atoms with van der Waals surface area (Å²) >= 11 is 0. The third-order valence-corrected chi connectivity index (χ3v) is 2.58. The highest BCUT2D eigenvalue weighted by Gasteiger charge is 2.16. The van der Waals surface area contributed by atoms with Crippen molar-refractivity contribution in [1.29, 1.82) is 5.26 Å². The van der Waals surface area contributed by atoms with Gasteiger partial charge in [-0.1, -0.05) is 12.1 Å². The molecule has 0 radical (unpaired) electrons. The Hall–Kier alpha value is -2.25. The second kappa shape index (κ2) is 4.94. The third-order valence-electron chi connectivity index (χ3n) is 2.58. The summed E-state index contributed by atoms with van der Waals surface area (Å²) in [6.45, 7) is 0. The molecule has 2 nitrogen and oxygen atoms in total. The van der Waals surface area contributed by atoms with Crippen LogP contribution in [0.15, 0.2) is 42.5 Å². The normalized spacial score (nSPS) is 11.9. The summed E-state index contributed by atoms with van der Waals surface area (Å²) in [7, 11) is 0. The minimum Gasteiger partial charge on any atom is -0.384 e. The first-order valence-corrected chi connectivity index (χ1v) is 5.25. The molecule has 1 N–H and O–H groups in total. The van der Waals surface area contributed by atoms with Crippen molar-refractivity contribution in [2.45, 2.75) is 6.10 Å². The highest BCUT2D eigenvalue weighted by Crippen LogP contribution is 2.25. The predicted octanol–water partition coefficient (Wildman–Crippen LogP) is 2.92. The Morgan fingerprint density at radius 2 is 1.89 bits per heavy atom. The minimum atomic E-state index is -1.30. The van der Waals surface area contributed by atoms with Gasteiger partial charge in [-0.05, 0) is 35.9 Å². The zero-order valence-electron chi connectivity index (χ0n) is 9.27. The zero-order chi connectivity index (χ0) is 13.1. The van der Waals surface area contributed by atoms with Gasteiger partial charge in [-0.15, -0.1) is 0 Å². The van der Waals surface area contributed by atoms with E-state index in [4.69, 9.17) is 5.26 Å². The van der Waals surface area contributed by atoms with Gasteiger partial charge in [0.05, 0.1) is 11.6 Å². The smallest absolute Gasteiger partial charge is 0.129 e. The Morgan fingerprint density at radius 1 is 1.11 bits per heavy atom. The van der Waals surface area contributed by atoms with Crippen LogP contribution in [0.25, 0.3) is 0 Å². The van der Waals surface area contributed by atoms with Gasteiger partial charge in [-0.3, -0.25) is 0 Å². The van der Waals surface area contributed by atoms with E-state index in [2.05, 4.69) is 0 Å². The van der Waals surface area contributed by atoms with Crippen molar-refractivity contribution in [3.8, 4) is 6.07 Å². The average Bonchev–Trinajstić information content (AvgIpc) is 2.41. The lowest BCUT2D eigenvalue weighted by Crippen LogP contribution is -2.03. The lowest BCUT2D eigenvalue weighted by Gasteiger charge is -2.12. The number of nitrogens with zero attached hydrogens (tertiary/aromatic N) is 1. The predicted molar refractivity (Wildman–Crippen MR) is 61.6 cm³/mol. The minimum absolute atomic E-state index is 0.148. The summed E-state index contributed by atoms with van der Waals surface area (Å²) < 4.78 is 26.5. The van der Waals surface area contributed by atoms with Crippen LogP contribution in [0.1, 0.15) is 22.8 Å². The van der Waals surface area contributed by atoms with Gasteiger partial charge in [0.25, 0.3) is 0 Å². The topological polar surface area (TPSA) is 44.0 Å². The van der Waals surface area contributed by atoms with E-state index < -0.39 is 17.7 Å². The van der Waals surface area contributed by atoms with Crippen molar-refractivity contribution < 1.29 is 13.9 Å². The fraction of sp³-hybridized carbons (Fsp3) is 0.0714. The maximum absolute atomic E-state index is 13.5. The van der Waals surface area contributed by atoms with Crippen LogP contribution in [0.2, 0.25) is 0 Å². The van der Waals surface area contributed by atoms with Crippen molar-refractivity contribution in [3.05, 3.63) is 70.8 Å². The van der Waals surface area contributed by atoms with E-state index in [0.717, 1.165) is 18.2 Å². The summed E-state index contributed by atoms with van der Waals surface area (Å²) in [4.78, 5) is 0. The Morgan fingerprint density at radius 3 is 2.61 bits per heavy atom. The molecule has 0 bridgehead atoms. The van der Waals surface area contributed by atoms with Crippen molar-refractivity contribution in [2.75, 3.05) is 0 Å². The third kappa shape index (κ3) is 2.36. The first-order valence-electron chi connectivity index (χ1n) is 5.25. The van der Waals surface area contributed by atoms with Gasteiger partial charge in [-0.25, -0.2) is 8.78 Å². The van der Waals surface area contributed by atoms with E-state index in [1.165, 1.54) is 6.07 Å². The number of aliphatic hydroxyl groups is 1. The largest absolute Gasteiger partial charge is 0.384 e. The van der Waals surface area contributed by atoms with Gasteiger partial charge in [0, 0.05) is 5.56 Å². The zero-order valence-corrected chi connectivity index (χ0v) is 9.27. The average molecular weight is 245 g/mol. The van der Waals surface area contributed by atoms with Crippen LogP contribution < -0.4 is 0 Å². The Labute approximate surface area is 103 Å². The maximum atomic E-state index is 13.5. The van der Waals surface area contributed by atoms with E-state index in [1.54, 1.807) is 18.2 Å². The molecule has 0 aliphatic rings. The summed E-state index contributed by atoms with van der Waals surface area (Å²) in [5.74, 6) is -1.31. The van der Waals surface area contributed by atoms with Crippen LogP contribution in [0.3, 0.4) is 0 Å². The SMILES string of the molecule is N#Cc1cccc(C(O)c2cc(F)ccc2F)c1. The van der Waals surface area contributed by atoms with E-state index in [1.807, 2.05) is 6.07 Å². The Balaban J connectivity index is 2.44. The molecule has 18 heavy (non-hydrogen) atoms. The fourth-order valence-corrected chi connectivity index (χ4v) is 1.68. The molecule has 2 aromatic rings. The van der Waals surface area contributed by atoms with Gasteiger partial charge in [0.15, 0.2) is 0 Å². The second-order valence-electron chi connectivity index (χ2n) is 3.81. The van der Waals surface area contributed by atoms with Crippen LogP contribution in [0.4, 0.5) is 8.78 Å². The second-order valence-corrected chi connectivity index (χ2v) is 3.81. The molecule has 0 saturated carbocycles. The van der Waals surface area contributed by atoms with E-state index in [0.29, 0.717) is 11.1 Å². The molecule has 0 fully saturated rings. The molecule has 0 aliphatic heterocycles. The number of rotatable bonds is 2. The highest BCUT2D eigenvalue weighted by molar-refractivity contribution is 5.37. The molecule has 1 atom stereocenters. The van der Waals surface area contributed by atoms with Crippen LogP contribution in [-0.4, -0.2) is 5.11 Å². The molecule has 4 heteroatoms. The number of hydrogen-bond acceptors (Lipinski definition) is 2. The van der Waals surface area contributed by atoms with Crippen LogP contribution in [0, 0.1) is 23.0 Å². The van der Waals surface area contributed by atoms with Gasteiger partial charge < -0.3 is 5.11 Å². The monoisotopic (exact) mass is 245 g/mol. The van der Waals surface area contributed by atoms with Crippen LogP contribution in [-0.2, 0) is 0 Å². The maximum Gasteiger partial charge on any atom is 0.129 e. The Kier molecular flexibility index (Phi) is 3.35. The fourth-order valence-electron chi connectivity index (χ4n) is 1.68. The Bertz CT molecular complexity index is 619. The summed E-state index contributed by atoms with van der Waals surface area (Å²) in [5, 5.41) is 18.7. The van der Waals surface area contributed by atoms with E-state index >= 15 is 0 Å². The number of halogens is 2. The molecule has 0 heterocycles. The molecule has 1 unspecified atom stereocenters. The summed E-state index contributed by atoms with van der Waals surface area (Å²) in [5.41, 5.74) is 0.548. The van der Waals surface area contributed by atoms with Gasteiger partial charge in [0.1, 0.15) is 17.7 Å². The van der Waals surface area contributed by atoms with Gasteiger partial charge in [-0.2, -0.15) is 5.26 Å².